The lowest BCUT2D eigenvalue weighted by Crippen LogP contribution is -3.00. The van der Waals surface area contributed by atoms with Crippen molar-refractivity contribution >= 4 is 29.7 Å². The Labute approximate surface area is 421 Å². The van der Waals surface area contributed by atoms with Gasteiger partial charge in [0, 0.05) is 65.3 Å². The first kappa shape index (κ1) is 56.1. The van der Waals surface area contributed by atoms with Crippen molar-refractivity contribution in [1.82, 2.24) is 54.7 Å². The number of unbranched alkanes of at least 4 members (excludes halogenated alkanes) is 1. The standard InChI is InChI=1S/C46H71N17O7.ClH/c1-4-23-68-25-27-70-28-26-69-24-14-50-44-51-45(60-19-15-58(16-20-60)42(66)39(8-6-7-13-47)62-30-37(54-56-62)36(48)32-64)53-46(52-44)61-21-17-59(18-22-61)43(67)40(29-34-9-11-35(65)12-10-34)63-31-38(55-57-63)41(49)33(3)5-2;/h1,9-12,30-31,33,36,39-41,64-65H,5-8,13-29,32,47-49H2,2-3H3,(H,50,51,52,53);1H/p-1/t33?,36-,39-,40-,41-;/m0./s1. The van der Waals surface area contributed by atoms with Gasteiger partial charge in [0.15, 0.2) is 0 Å². The molecule has 1 aromatic carbocycles. The van der Waals surface area contributed by atoms with E-state index in [1.54, 1.807) is 46.0 Å². The van der Waals surface area contributed by atoms with Gasteiger partial charge in [0.25, 0.3) is 0 Å². The number of phenolic OH excluding ortho intramolecular Hbond substituents is 1. The summed E-state index contributed by atoms with van der Waals surface area (Å²) < 4.78 is 19.7. The van der Waals surface area contributed by atoms with E-state index in [1.165, 1.54) is 0 Å². The monoisotopic (exact) mass is 1010 g/mol. The Morgan fingerprint density at radius 1 is 0.789 bits per heavy atom. The fourth-order valence-corrected chi connectivity index (χ4v) is 8.04. The fraction of sp³-hybridized carbons (Fsp3) is 0.630. The van der Waals surface area contributed by atoms with Crippen LogP contribution in [0, 0.1) is 18.3 Å². The van der Waals surface area contributed by atoms with E-state index < -0.39 is 18.1 Å². The van der Waals surface area contributed by atoms with Gasteiger partial charge in [0.2, 0.25) is 29.7 Å². The molecule has 2 saturated heterocycles. The summed E-state index contributed by atoms with van der Waals surface area (Å²) in [7, 11) is 0. The molecule has 0 bridgehead atoms. The van der Waals surface area contributed by atoms with Gasteiger partial charge in [0.1, 0.15) is 30.1 Å². The third kappa shape index (κ3) is 16.1. The number of terminal acetylenes is 1. The van der Waals surface area contributed by atoms with Gasteiger partial charge < -0.3 is 78.9 Å². The highest BCUT2D eigenvalue weighted by atomic mass is 35.5. The van der Waals surface area contributed by atoms with E-state index >= 15 is 0 Å². The predicted octanol–water partition coefficient (Wildman–Crippen LogP) is -2.95. The number of amides is 2. The number of nitrogens with one attached hydrogen (secondary N) is 1. The minimum absolute atomic E-state index is 0. The van der Waals surface area contributed by atoms with Gasteiger partial charge >= 0.3 is 0 Å². The number of nitrogens with zero attached hydrogens (tertiary/aromatic N) is 13. The zero-order chi connectivity index (χ0) is 49.8. The number of carbonyl (C=O) groups is 2. The number of phenols is 1. The molecule has 2 aliphatic rings. The van der Waals surface area contributed by atoms with E-state index in [-0.39, 0.29) is 55.1 Å². The van der Waals surface area contributed by atoms with Crippen LogP contribution >= 0.6 is 0 Å². The number of anilines is 3. The molecule has 25 heteroatoms. The van der Waals surface area contributed by atoms with Crippen LogP contribution in [0.15, 0.2) is 36.7 Å². The van der Waals surface area contributed by atoms with Gasteiger partial charge in [-0.05, 0) is 49.4 Å². The third-order valence-electron chi connectivity index (χ3n) is 12.6. The van der Waals surface area contributed by atoms with Gasteiger partial charge in [-0.15, -0.1) is 16.6 Å². The molecule has 0 spiro atoms. The number of aliphatic hydroxyl groups excluding tert-OH is 1. The van der Waals surface area contributed by atoms with E-state index in [0.29, 0.717) is 141 Å². The molecule has 2 amide bonds. The molecule has 5 heterocycles. The minimum Gasteiger partial charge on any atom is -1.00 e. The van der Waals surface area contributed by atoms with Crippen molar-refractivity contribution in [2.24, 2.45) is 23.1 Å². The van der Waals surface area contributed by atoms with Crippen molar-refractivity contribution in [3.05, 3.63) is 53.6 Å². The number of aromatic nitrogens is 9. The number of nitrogens with two attached hydrogens (primary N) is 3. The lowest BCUT2D eigenvalue weighted by atomic mass is 9.98. The highest BCUT2D eigenvalue weighted by Crippen LogP contribution is 2.26. The van der Waals surface area contributed by atoms with Gasteiger partial charge in [-0.1, -0.05) is 48.7 Å². The number of carbonyl (C=O) groups excluding carboxylic acids is 2. The second kappa shape index (κ2) is 28.9. The molecule has 4 aromatic rings. The molecule has 0 radical (unpaired) electrons. The first-order chi connectivity index (χ1) is 34.0. The lowest BCUT2D eigenvalue weighted by molar-refractivity contribution is -0.136. The van der Waals surface area contributed by atoms with Gasteiger partial charge in [-0.2, -0.15) is 15.0 Å². The summed E-state index contributed by atoms with van der Waals surface area (Å²) in [6, 6.07) is 4.46. The smallest absolute Gasteiger partial charge is 0.247 e. The van der Waals surface area contributed by atoms with Crippen molar-refractivity contribution in [3.8, 4) is 18.1 Å². The Morgan fingerprint density at radius 3 is 1.92 bits per heavy atom. The maximum absolute atomic E-state index is 14.5. The number of hydrogen-bond acceptors (Lipinski definition) is 20. The summed E-state index contributed by atoms with van der Waals surface area (Å²) in [6.07, 6.45) is 11.8. The number of rotatable bonds is 28. The van der Waals surface area contributed by atoms with E-state index in [2.05, 4.69) is 45.7 Å². The molecule has 71 heavy (non-hydrogen) atoms. The molecule has 1 unspecified atom stereocenters. The van der Waals surface area contributed by atoms with Crippen molar-refractivity contribution in [3.63, 3.8) is 0 Å². The van der Waals surface area contributed by atoms with Crippen molar-refractivity contribution in [2.75, 3.05) is 127 Å². The Kier molecular flexibility index (Phi) is 22.9. The zero-order valence-corrected chi connectivity index (χ0v) is 41.6. The third-order valence-corrected chi connectivity index (χ3v) is 12.6. The van der Waals surface area contributed by atoms with Gasteiger partial charge in [0.05, 0.1) is 69.8 Å². The molecule has 2 fully saturated rings. The van der Waals surface area contributed by atoms with Crippen molar-refractivity contribution < 1.29 is 46.4 Å². The zero-order valence-electron chi connectivity index (χ0n) is 40.8. The molecule has 6 rings (SSSR count). The molecular weight excluding hydrogens is 938 g/mol. The summed E-state index contributed by atoms with van der Waals surface area (Å²) in [4.78, 5) is 50.9. The normalized spacial score (nSPS) is 16.2. The summed E-state index contributed by atoms with van der Waals surface area (Å²) in [5.74, 6) is 3.78. The number of piperazine rings is 2. The topological polar surface area (TPSA) is 305 Å². The molecule has 5 atom stereocenters. The second-order valence-corrected chi connectivity index (χ2v) is 17.4. The quantitative estimate of drug-likeness (QED) is 0.0245. The molecule has 3 aromatic heterocycles. The molecule has 24 nitrogen and oxygen atoms in total. The van der Waals surface area contributed by atoms with Crippen LogP contribution in [0.2, 0.25) is 0 Å². The minimum atomic E-state index is -0.704. The highest BCUT2D eigenvalue weighted by molar-refractivity contribution is 5.81. The van der Waals surface area contributed by atoms with Crippen LogP contribution in [-0.4, -0.2) is 188 Å². The average molecular weight is 1010 g/mol. The van der Waals surface area contributed by atoms with Crippen LogP contribution in [0.25, 0.3) is 0 Å². The highest BCUT2D eigenvalue weighted by Gasteiger charge is 2.34. The maximum atomic E-state index is 14.5. The largest absolute Gasteiger partial charge is 1.00 e. The Morgan fingerprint density at radius 2 is 1.34 bits per heavy atom. The molecule has 0 aliphatic carbocycles. The molecule has 2 aliphatic heterocycles. The van der Waals surface area contributed by atoms with Crippen LogP contribution < -0.4 is 44.7 Å². The average Bonchev–Trinajstić information content (AvgIpc) is 4.10. The van der Waals surface area contributed by atoms with Crippen molar-refractivity contribution in [1.29, 1.82) is 0 Å². The first-order valence-corrected chi connectivity index (χ1v) is 24.2. The Bertz CT molecular complexity index is 2250. The van der Waals surface area contributed by atoms with Gasteiger partial charge in [-0.25, -0.2) is 9.36 Å². The maximum Gasteiger partial charge on any atom is 0.247 e. The SMILES string of the molecule is C#CCOCCOCCOCCNc1nc(N2CCN(C(=O)[C@H](Cc3ccc(O)cc3)n3cc([C@@H](N)C(C)CC)nn3)CC2)nc(N2CCN(C(=O)[C@H](CCCCN)n3cc([C@@H](N)CO)nn3)CC2)n1.[Cl-]. The molecule has 0 saturated carbocycles. The predicted molar refractivity (Wildman–Crippen MR) is 260 cm³/mol. The Balaban J connectivity index is 0.00000937. The number of hydrogen-bond donors (Lipinski definition) is 6. The second-order valence-electron chi connectivity index (χ2n) is 17.4. The van der Waals surface area contributed by atoms with Crippen LogP contribution in [0.5, 0.6) is 5.75 Å². The van der Waals surface area contributed by atoms with Crippen LogP contribution in [0.3, 0.4) is 0 Å². The van der Waals surface area contributed by atoms with Gasteiger partial charge in [-0.3, -0.25) is 9.59 Å². The summed E-state index contributed by atoms with van der Waals surface area (Å²) >= 11 is 0. The van der Waals surface area contributed by atoms with E-state index in [0.717, 1.165) is 24.8 Å². The van der Waals surface area contributed by atoms with Crippen molar-refractivity contribution in [2.45, 2.75) is 70.1 Å². The molecule has 390 valence electrons. The van der Waals surface area contributed by atoms with Crippen LogP contribution in [0.4, 0.5) is 17.8 Å². The lowest BCUT2D eigenvalue weighted by Gasteiger charge is -2.38. The fourth-order valence-electron chi connectivity index (χ4n) is 8.04. The number of benzene rings is 1. The summed E-state index contributed by atoms with van der Waals surface area (Å²) in [6.45, 7) is 10.4. The van der Waals surface area contributed by atoms with E-state index in [9.17, 15) is 19.8 Å². The Hall–Kier alpha value is -5.78. The van der Waals surface area contributed by atoms with Crippen LogP contribution in [-0.2, 0) is 30.2 Å². The number of aliphatic hydroxyl groups is 1. The number of aromatic hydroxyl groups is 1. The number of halogens is 1. The summed E-state index contributed by atoms with van der Waals surface area (Å²) in [5.41, 5.74) is 20.2. The van der Waals surface area contributed by atoms with E-state index in [1.807, 2.05) is 19.6 Å². The molecule has 9 N–H and O–H groups in total. The summed E-state index contributed by atoms with van der Waals surface area (Å²) in [5, 5.41) is 39.9. The number of ether oxygens (including phenoxy) is 3. The first-order valence-electron chi connectivity index (χ1n) is 24.2. The van der Waals surface area contributed by atoms with E-state index in [4.69, 9.17) is 52.8 Å². The van der Waals surface area contributed by atoms with Crippen LogP contribution in [0.1, 0.15) is 80.6 Å². The molecular formula is C46H71ClN17O7-.